The molecular formula is C9H13ClN2O. The molecule has 0 saturated heterocycles. The molecule has 0 aromatic carbocycles. The lowest BCUT2D eigenvalue weighted by atomic mass is 10.2. The van der Waals surface area contributed by atoms with Crippen molar-refractivity contribution < 1.29 is 4.74 Å². The van der Waals surface area contributed by atoms with Gasteiger partial charge >= 0.3 is 0 Å². The van der Waals surface area contributed by atoms with E-state index in [4.69, 9.17) is 22.1 Å². The number of pyridine rings is 1. The van der Waals surface area contributed by atoms with Crippen LogP contribution in [-0.2, 0) is 0 Å². The summed E-state index contributed by atoms with van der Waals surface area (Å²) in [4.78, 5) is 3.98. The molecule has 3 nitrogen and oxygen atoms in total. The lowest BCUT2D eigenvalue weighted by Gasteiger charge is -2.21. The summed E-state index contributed by atoms with van der Waals surface area (Å²) in [5.41, 5.74) is 5.84. The Hall–Kier alpha value is -0.960. The van der Waals surface area contributed by atoms with Gasteiger partial charge in [0.05, 0.1) is 5.69 Å². The van der Waals surface area contributed by atoms with E-state index in [0.29, 0.717) is 16.7 Å². The highest BCUT2D eigenvalue weighted by atomic mass is 35.5. The van der Waals surface area contributed by atoms with Crippen LogP contribution in [0.4, 0.5) is 5.69 Å². The van der Waals surface area contributed by atoms with Gasteiger partial charge in [0.2, 0.25) is 5.88 Å². The van der Waals surface area contributed by atoms with Gasteiger partial charge in [-0.15, -0.1) is 0 Å². The average molecular weight is 201 g/mol. The van der Waals surface area contributed by atoms with Crippen LogP contribution in [0.5, 0.6) is 5.88 Å². The number of nitrogen functional groups attached to an aromatic ring is 1. The maximum absolute atomic E-state index is 5.70. The fourth-order valence-electron chi connectivity index (χ4n) is 0.800. The quantitative estimate of drug-likeness (QED) is 0.709. The third-order valence-electron chi connectivity index (χ3n) is 1.26. The van der Waals surface area contributed by atoms with Crippen LogP contribution in [0.2, 0.25) is 5.15 Å². The zero-order chi connectivity index (χ0) is 10.1. The van der Waals surface area contributed by atoms with Crippen molar-refractivity contribution in [3.05, 3.63) is 17.3 Å². The van der Waals surface area contributed by atoms with Gasteiger partial charge in [-0.05, 0) is 32.9 Å². The predicted octanol–water partition coefficient (Wildman–Crippen LogP) is 2.49. The van der Waals surface area contributed by atoms with Crippen LogP contribution < -0.4 is 10.5 Å². The van der Waals surface area contributed by atoms with Crippen molar-refractivity contribution in [1.82, 2.24) is 4.98 Å². The molecule has 0 saturated carbocycles. The Morgan fingerprint density at radius 3 is 2.54 bits per heavy atom. The van der Waals surface area contributed by atoms with E-state index in [2.05, 4.69) is 4.98 Å². The lowest BCUT2D eigenvalue weighted by Crippen LogP contribution is -2.24. The Labute approximate surface area is 82.9 Å². The molecule has 13 heavy (non-hydrogen) atoms. The molecule has 0 unspecified atom stereocenters. The van der Waals surface area contributed by atoms with E-state index in [9.17, 15) is 0 Å². The van der Waals surface area contributed by atoms with Crippen LogP contribution >= 0.6 is 11.6 Å². The molecule has 72 valence electrons. The predicted molar refractivity (Wildman–Crippen MR) is 54.0 cm³/mol. The molecule has 0 bridgehead atoms. The van der Waals surface area contributed by atoms with Gasteiger partial charge in [0.25, 0.3) is 0 Å². The molecule has 0 fully saturated rings. The highest BCUT2D eigenvalue weighted by Crippen LogP contribution is 2.24. The Bertz CT molecular complexity index is 307. The number of ether oxygens (including phenoxy) is 1. The van der Waals surface area contributed by atoms with E-state index in [0.717, 1.165) is 0 Å². The van der Waals surface area contributed by atoms with Gasteiger partial charge in [-0.1, -0.05) is 11.6 Å². The van der Waals surface area contributed by atoms with Gasteiger partial charge in [0.1, 0.15) is 10.8 Å². The largest absolute Gasteiger partial charge is 0.470 e. The number of hydrogen-bond donors (Lipinski definition) is 1. The normalized spacial score (nSPS) is 11.4. The molecule has 0 aliphatic carbocycles. The first-order valence-corrected chi connectivity index (χ1v) is 4.37. The van der Waals surface area contributed by atoms with Crippen molar-refractivity contribution in [2.75, 3.05) is 5.73 Å². The summed E-state index contributed by atoms with van der Waals surface area (Å²) in [6.07, 6.45) is 0. The van der Waals surface area contributed by atoms with Crippen molar-refractivity contribution in [2.45, 2.75) is 26.4 Å². The Balaban J connectivity index is 2.94. The third-order valence-corrected chi connectivity index (χ3v) is 1.47. The molecule has 1 rings (SSSR count). The molecule has 0 amide bonds. The minimum atomic E-state index is -0.314. The second-order valence-electron chi connectivity index (χ2n) is 3.74. The van der Waals surface area contributed by atoms with Gasteiger partial charge in [0.15, 0.2) is 0 Å². The minimum absolute atomic E-state index is 0.314. The summed E-state index contributed by atoms with van der Waals surface area (Å²) in [6.45, 7) is 5.78. The fraction of sp³-hybridized carbons (Fsp3) is 0.444. The topological polar surface area (TPSA) is 48.1 Å². The Morgan fingerprint density at radius 1 is 1.38 bits per heavy atom. The van der Waals surface area contributed by atoms with Gasteiger partial charge in [-0.25, -0.2) is 0 Å². The van der Waals surface area contributed by atoms with E-state index in [1.54, 1.807) is 12.1 Å². The molecule has 0 aliphatic heterocycles. The van der Waals surface area contributed by atoms with Crippen molar-refractivity contribution in [3.63, 3.8) is 0 Å². The van der Waals surface area contributed by atoms with Gasteiger partial charge < -0.3 is 10.5 Å². The molecular weight excluding hydrogens is 188 g/mol. The zero-order valence-corrected chi connectivity index (χ0v) is 8.72. The Morgan fingerprint density at radius 2 is 2.00 bits per heavy atom. The highest BCUT2D eigenvalue weighted by Gasteiger charge is 2.14. The number of hydrogen-bond acceptors (Lipinski definition) is 3. The van der Waals surface area contributed by atoms with Crippen LogP contribution in [-0.4, -0.2) is 10.6 Å². The van der Waals surface area contributed by atoms with Gasteiger partial charge in [-0.3, -0.25) is 0 Å². The van der Waals surface area contributed by atoms with Crippen molar-refractivity contribution in [2.24, 2.45) is 0 Å². The maximum Gasteiger partial charge on any atom is 0.239 e. The molecule has 4 heteroatoms. The van der Waals surface area contributed by atoms with E-state index in [-0.39, 0.29) is 5.60 Å². The first-order valence-electron chi connectivity index (χ1n) is 3.99. The van der Waals surface area contributed by atoms with E-state index in [1.165, 1.54) is 0 Å². The van der Waals surface area contributed by atoms with Crippen molar-refractivity contribution in [3.8, 4) is 5.88 Å². The summed E-state index contributed by atoms with van der Waals surface area (Å²) in [5, 5.41) is 0.383. The molecule has 1 aromatic rings. The second kappa shape index (κ2) is 3.42. The van der Waals surface area contributed by atoms with Crippen LogP contribution in [0.3, 0.4) is 0 Å². The minimum Gasteiger partial charge on any atom is -0.470 e. The summed E-state index contributed by atoms with van der Waals surface area (Å²) in [6, 6.07) is 3.31. The lowest BCUT2D eigenvalue weighted by molar-refractivity contribution is 0.125. The number of nitrogens with two attached hydrogens (primary N) is 1. The van der Waals surface area contributed by atoms with Crippen molar-refractivity contribution >= 4 is 17.3 Å². The molecule has 1 heterocycles. The molecule has 0 atom stereocenters. The van der Waals surface area contributed by atoms with Crippen molar-refractivity contribution in [1.29, 1.82) is 0 Å². The number of nitrogens with zero attached hydrogens (tertiary/aromatic N) is 1. The summed E-state index contributed by atoms with van der Waals surface area (Å²) >= 11 is 5.70. The molecule has 1 aromatic heterocycles. The van der Waals surface area contributed by atoms with Gasteiger partial charge in [-0.2, -0.15) is 4.98 Å². The number of aromatic nitrogens is 1. The zero-order valence-electron chi connectivity index (χ0n) is 7.97. The molecule has 0 aliphatic rings. The summed E-state index contributed by atoms with van der Waals surface area (Å²) < 4.78 is 5.49. The number of anilines is 1. The average Bonchev–Trinajstić information content (AvgIpc) is 1.94. The summed E-state index contributed by atoms with van der Waals surface area (Å²) in [7, 11) is 0. The fourth-order valence-corrected chi connectivity index (χ4v) is 0.940. The standard InChI is InChI=1S/C9H13ClN2O/c1-9(2,3)13-8-6(11)4-5-7(10)12-8/h4-5H,11H2,1-3H3. The second-order valence-corrected chi connectivity index (χ2v) is 4.13. The third kappa shape index (κ3) is 3.11. The molecule has 0 spiro atoms. The van der Waals surface area contributed by atoms with E-state index >= 15 is 0 Å². The SMILES string of the molecule is CC(C)(C)Oc1nc(Cl)ccc1N. The molecule has 0 radical (unpaired) electrons. The van der Waals surface area contributed by atoms with E-state index in [1.807, 2.05) is 20.8 Å². The summed E-state index contributed by atoms with van der Waals surface area (Å²) in [5.74, 6) is 0.389. The van der Waals surface area contributed by atoms with Gasteiger partial charge in [0, 0.05) is 0 Å². The van der Waals surface area contributed by atoms with Crippen LogP contribution in [0.1, 0.15) is 20.8 Å². The Kier molecular flexibility index (Phi) is 2.66. The molecule has 2 N–H and O–H groups in total. The van der Waals surface area contributed by atoms with Crippen LogP contribution in [0.15, 0.2) is 12.1 Å². The maximum atomic E-state index is 5.70. The van der Waals surface area contributed by atoms with Crippen LogP contribution in [0.25, 0.3) is 0 Å². The van der Waals surface area contributed by atoms with E-state index < -0.39 is 0 Å². The highest BCUT2D eigenvalue weighted by molar-refractivity contribution is 6.29. The number of rotatable bonds is 1. The first-order chi connectivity index (χ1) is 5.88. The first kappa shape index (κ1) is 10.1. The smallest absolute Gasteiger partial charge is 0.239 e. The van der Waals surface area contributed by atoms with Crippen LogP contribution in [0, 0.1) is 0 Å². The monoisotopic (exact) mass is 200 g/mol. The number of halogens is 1.